The number of nitrogens with one attached hydrogen (secondary N) is 1. The van der Waals surface area contributed by atoms with Gasteiger partial charge < -0.3 is 16.0 Å². The Morgan fingerprint density at radius 3 is 2.62 bits per heavy atom. The Bertz CT molecular complexity index is 944. The number of carbonyl (C=O) groups is 1. The van der Waals surface area contributed by atoms with E-state index in [9.17, 15) is 4.79 Å². The molecule has 4 rings (SSSR count). The second kappa shape index (κ2) is 6.47. The average Bonchev–Trinajstić information content (AvgIpc) is 3.02. The van der Waals surface area contributed by atoms with E-state index in [0.717, 1.165) is 36.5 Å². The summed E-state index contributed by atoms with van der Waals surface area (Å²) in [5.74, 6) is 0.452. The SMILES string of the molecule is Cn1cc(-c2ccc(N)c(NC(=O)c3cnc(N4CCC4)cn3)c2)cn1. The second-order valence-corrected chi connectivity index (χ2v) is 6.26. The van der Waals surface area contributed by atoms with Crippen LogP contribution in [-0.4, -0.2) is 38.7 Å². The lowest BCUT2D eigenvalue weighted by atomic mass is 10.1. The van der Waals surface area contributed by atoms with Gasteiger partial charge in [0, 0.05) is 31.9 Å². The zero-order valence-electron chi connectivity index (χ0n) is 14.4. The summed E-state index contributed by atoms with van der Waals surface area (Å²) in [5.41, 5.74) is 9.14. The predicted molar refractivity (Wildman–Crippen MR) is 99.9 cm³/mol. The fourth-order valence-corrected chi connectivity index (χ4v) is 2.75. The Kier molecular flexibility index (Phi) is 4.00. The van der Waals surface area contributed by atoms with Crippen LogP contribution in [0.3, 0.4) is 0 Å². The molecular weight excluding hydrogens is 330 g/mol. The molecule has 1 amide bonds. The Balaban J connectivity index is 1.53. The van der Waals surface area contributed by atoms with Crippen LogP contribution in [0, 0.1) is 0 Å². The molecule has 26 heavy (non-hydrogen) atoms. The van der Waals surface area contributed by atoms with Crippen molar-refractivity contribution >= 4 is 23.1 Å². The monoisotopic (exact) mass is 349 g/mol. The van der Waals surface area contributed by atoms with E-state index in [1.165, 1.54) is 6.20 Å². The van der Waals surface area contributed by atoms with Crippen molar-refractivity contribution in [1.29, 1.82) is 0 Å². The van der Waals surface area contributed by atoms with Crippen LogP contribution in [0.25, 0.3) is 11.1 Å². The van der Waals surface area contributed by atoms with Crippen LogP contribution in [0.15, 0.2) is 43.0 Å². The van der Waals surface area contributed by atoms with Gasteiger partial charge in [-0.05, 0) is 24.1 Å². The third kappa shape index (κ3) is 3.08. The molecule has 3 heterocycles. The smallest absolute Gasteiger partial charge is 0.275 e. The minimum Gasteiger partial charge on any atom is -0.397 e. The topological polar surface area (TPSA) is 102 Å². The molecule has 0 spiro atoms. The second-order valence-electron chi connectivity index (χ2n) is 6.26. The van der Waals surface area contributed by atoms with E-state index in [4.69, 9.17) is 5.73 Å². The largest absolute Gasteiger partial charge is 0.397 e. The highest BCUT2D eigenvalue weighted by molar-refractivity contribution is 6.04. The molecule has 0 atom stereocenters. The Morgan fingerprint density at radius 2 is 2.00 bits per heavy atom. The molecule has 3 aromatic rings. The van der Waals surface area contributed by atoms with Crippen LogP contribution in [0.4, 0.5) is 17.2 Å². The van der Waals surface area contributed by atoms with Gasteiger partial charge in [-0.15, -0.1) is 0 Å². The Morgan fingerprint density at radius 1 is 1.15 bits per heavy atom. The number of nitrogens with two attached hydrogens (primary N) is 1. The van der Waals surface area contributed by atoms with Crippen LogP contribution in [-0.2, 0) is 7.05 Å². The van der Waals surface area contributed by atoms with Crippen molar-refractivity contribution in [3.8, 4) is 11.1 Å². The molecule has 3 N–H and O–H groups in total. The van der Waals surface area contributed by atoms with Crippen molar-refractivity contribution in [3.05, 3.63) is 48.7 Å². The van der Waals surface area contributed by atoms with Crippen molar-refractivity contribution < 1.29 is 4.79 Å². The number of nitrogens with zero attached hydrogens (tertiary/aromatic N) is 5. The van der Waals surface area contributed by atoms with Crippen LogP contribution in [0.2, 0.25) is 0 Å². The maximum absolute atomic E-state index is 12.5. The first-order chi connectivity index (χ1) is 12.6. The molecule has 0 aliphatic carbocycles. The predicted octanol–water partition coefficient (Wildman–Crippen LogP) is 1.92. The first kappa shape index (κ1) is 16.1. The number of aromatic nitrogens is 4. The van der Waals surface area contributed by atoms with Gasteiger partial charge in [-0.2, -0.15) is 5.10 Å². The quantitative estimate of drug-likeness (QED) is 0.698. The number of hydrogen-bond acceptors (Lipinski definition) is 6. The Hall–Kier alpha value is -3.42. The van der Waals surface area contributed by atoms with Gasteiger partial charge >= 0.3 is 0 Å². The maximum Gasteiger partial charge on any atom is 0.275 e. The van der Waals surface area contributed by atoms with Gasteiger partial charge in [0.2, 0.25) is 0 Å². The maximum atomic E-state index is 12.5. The third-order valence-electron chi connectivity index (χ3n) is 4.39. The van der Waals surface area contributed by atoms with E-state index in [1.807, 2.05) is 25.4 Å². The van der Waals surface area contributed by atoms with Gasteiger partial charge in [-0.1, -0.05) is 6.07 Å². The number of benzene rings is 1. The van der Waals surface area contributed by atoms with Gasteiger partial charge in [0.1, 0.15) is 11.5 Å². The van der Waals surface area contributed by atoms with E-state index in [2.05, 4.69) is 25.3 Å². The number of nitrogen functional groups attached to an aromatic ring is 1. The average molecular weight is 349 g/mol. The fraction of sp³-hybridized carbons (Fsp3) is 0.222. The van der Waals surface area contributed by atoms with Crippen LogP contribution < -0.4 is 16.0 Å². The highest BCUT2D eigenvalue weighted by Crippen LogP contribution is 2.27. The number of aryl methyl sites for hydroxylation is 1. The lowest BCUT2D eigenvalue weighted by Gasteiger charge is -2.31. The summed E-state index contributed by atoms with van der Waals surface area (Å²) < 4.78 is 1.72. The number of rotatable bonds is 4. The number of carbonyl (C=O) groups excluding carboxylic acids is 1. The molecule has 2 aromatic heterocycles. The molecule has 132 valence electrons. The zero-order chi connectivity index (χ0) is 18.1. The molecule has 1 saturated heterocycles. The highest BCUT2D eigenvalue weighted by atomic mass is 16.1. The normalized spacial score (nSPS) is 13.3. The van der Waals surface area contributed by atoms with Gasteiger partial charge in [0.25, 0.3) is 5.91 Å². The van der Waals surface area contributed by atoms with Crippen molar-refractivity contribution in [2.45, 2.75) is 6.42 Å². The summed E-state index contributed by atoms with van der Waals surface area (Å²) in [6.07, 6.45) is 7.94. The summed E-state index contributed by atoms with van der Waals surface area (Å²) >= 11 is 0. The lowest BCUT2D eigenvalue weighted by Crippen LogP contribution is -2.37. The zero-order valence-corrected chi connectivity index (χ0v) is 14.4. The van der Waals surface area contributed by atoms with Crippen molar-refractivity contribution in [1.82, 2.24) is 19.7 Å². The van der Waals surface area contributed by atoms with Gasteiger partial charge in [-0.3, -0.25) is 9.48 Å². The van der Waals surface area contributed by atoms with Crippen LogP contribution in [0.5, 0.6) is 0 Å². The van der Waals surface area contributed by atoms with Crippen molar-refractivity contribution in [3.63, 3.8) is 0 Å². The molecule has 8 nitrogen and oxygen atoms in total. The van der Waals surface area contributed by atoms with E-state index in [-0.39, 0.29) is 11.6 Å². The summed E-state index contributed by atoms with van der Waals surface area (Å²) in [5, 5.41) is 6.98. The van der Waals surface area contributed by atoms with Crippen LogP contribution in [0.1, 0.15) is 16.9 Å². The minimum atomic E-state index is -0.345. The molecule has 8 heteroatoms. The van der Waals surface area contributed by atoms with E-state index in [1.54, 1.807) is 23.1 Å². The van der Waals surface area contributed by atoms with Gasteiger partial charge in [-0.25, -0.2) is 9.97 Å². The van der Waals surface area contributed by atoms with Gasteiger partial charge in [0.15, 0.2) is 0 Å². The third-order valence-corrected chi connectivity index (χ3v) is 4.39. The highest BCUT2D eigenvalue weighted by Gasteiger charge is 2.17. The summed E-state index contributed by atoms with van der Waals surface area (Å²) in [7, 11) is 1.85. The molecule has 1 aromatic carbocycles. The van der Waals surface area contributed by atoms with E-state index < -0.39 is 0 Å². The molecule has 1 aliphatic rings. The van der Waals surface area contributed by atoms with Crippen LogP contribution >= 0.6 is 0 Å². The first-order valence-corrected chi connectivity index (χ1v) is 8.37. The number of amides is 1. The van der Waals surface area contributed by atoms with E-state index >= 15 is 0 Å². The Labute approximate surface area is 150 Å². The molecular formula is C18H19N7O. The molecule has 1 fully saturated rings. The van der Waals surface area contributed by atoms with Gasteiger partial charge in [0.05, 0.1) is 30.0 Å². The summed E-state index contributed by atoms with van der Waals surface area (Å²) in [6, 6.07) is 5.48. The molecule has 0 saturated carbocycles. The first-order valence-electron chi connectivity index (χ1n) is 8.37. The number of hydrogen-bond donors (Lipinski definition) is 2. The summed E-state index contributed by atoms with van der Waals surface area (Å²) in [6.45, 7) is 1.97. The van der Waals surface area contributed by atoms with E-state index in [0.29, 0.717) is 11.4 Å². The molecule has 0 radical (unpaired) electrons. The lowest BCUT2D eigenvalue weighted by molar-refractivity contribution is 0.102. The summed E-state index contributed by atoms with van der Waals surface area (Å²) in [4.78, 5) is 23.1. The molecule has 0 unspecified atom stereocenters. The molecule has 1 aliphatic heterocycles. The standard InChI is InChI=1S/C18H19N7O/c1-24-11-13(8-22-24)12-3-4-14(19)15(7-12)23-18(26)16-9-21-17(10-20-16)25-5-2-6-25/h3-4,7-11H,2,5-6,19H2,1H3,(H,23,26). The number of anilines is 3. The minimum absolute atomic E-state index is 0.250. The van der Waals surface area contributed by atoms with Crippen molar-refractivity contribution in [2.75, 3.05) is 29.0 Å². The molecule has 0 bridgehead atoms. The fourth-order valence-electron chi connectivity index (χ4n) is 2.75. The van der Waals surface area contributed by atoms with Crippen molar-refractivity contribution in [2.24, 2.45) is 7.05 Å².